The Bertz CT molecular complexity index is 3.61. The first-order chi connectivity index (χ1) is 0. The Hall–Kier alpha value is 0.359. The fourth-order valence-electron chi connectivity index (χ4n) is 0. The first-order valence-electron chi connectivity index (χ1n) is 0. The van der Waals surface area contributed by atoms with Crippen LogP contribution in [-0.2, 0) is 17.1 Å². The number of hydrogen-bond acceptors (Lipinski definition) is 0. The van der Waals surface area contributed by atoms with E-state index in [1.165, 1.54) is 0 Å². The van der Waals surface area contributed by atoms with Crippen LogP contribution in [0.3, 0.4) is 0 Å². The van der Waals surface area contributed by atoms with Crippen LogP contribution in [0.5, 0.6) is 0 Å². The van der Waals surface area contributed by atoms with Crippen LogP contribution in [0, 0.1) is 0 Å². The van der Waals surface area contributed by atoms with Gasteiger partial charge in [-0.15, -0.1) is 0 Å². The zero-order chi connectivity index (χ0) is 0. The average molecular weight is 111 g/mol. The molecule has 5 heavy (non-hydrogen) atoms. The van der Waals surface area contributed by atoms with Crippen LogP contribution in [0.1, 0.15) is 0 Å². The van der Waals surface area contributed by atoms with E-state index in [4.69, 9.17) is 0 Å². The third-order valence-electron chi connectivity index (χ3n) is 0. The fourth-order valence-corrected chi connectivity index (χ4v) is 0. The quantitative estimate of drug-likeness (QED) is 0.323. The van der Waals surface area contributed by atoms with Gasteiger partial charge in [-0.05, 0) is 0 Å². The zero-order valence-corrected chi connectivity index (χ0v) is 3.35. The van der Waals surface area contributed by atoms with Crippen molar-refractivity contribution in [3.8, 4) is 0 Å². The molecule has 0 N–H and O–H groups in total. The fraction of sp³-hybridized carbons (Fsp3) is 0. The van der Waals surface area contributed by atoms with E-state index in [1.807, 2.05) is 0 Å². The third kappa shape index (κ3) is 188. The summed E-state index contributed by atoms with van der Waals surface area (Å²) in [5, 5.41) is 0. The molecule has 0 spiro atoms. The van der Waals surface area contributed by atoms with Crippen molar-refractivity contribution in [3.05, 3.63) is 0 Å². The molecule has 27 valence electrons. The summed E-state index contributed by atoms with van der Waals surface area (Å²) >= 11 is 0. The molecule has 0 aromatic carbocycles. The van der Waals surface area contributed by atoms with Gasteiger partial charge < -0.3 is 0 Å². The van der Waals surface area contributed by atoms with E-state index >= 15 is 0 Å². The normalized spacial score (nSPS) is 0. The molecule has 0 heterocycles. The largest absolute Gasteiger partial charge is 0 e. The van der Waals surface area contributed by atoms with Crippen LogP contribution < -0.4 is 24.6 Å². The second-order valence-electron chi connectivity index (χ2n) is 0. The van der Waals surface area contributed by atoms with Gasteiger partial charge in [0.15, 0.2) is 0 Å². The Balaban J connectivity index is 0. The summed E-state index contributed by atoms with van der Waals surface area (Å²) in [4.78, 5) is 0. The number of nitrogens with zero attached hydrogens (tertiary/aromatic N) is 4. The molecule has 0 aliphatic rings. The summed E-state index contributed by atoms with van der Waals surface area (Å²) in [6, 6.07) is 0. The van der Waals surface area contributed by atoms with Crippen molar-refractivity contribution >= 4 is 0 Å². The first kappa shape index (κ1) is 788. The van der Waals surface area contributed by atoms with Gasteiger partial charge in [0.1, 0.15) is 0 Å². The topological polar surface area (TPSA) is 122 Å². The molecule has 0 unspecified atom stereocenters. The van der Waals surface area contributed by atoms with Crippen LogP contribution >= 0.6 is 0 Å². The van der Waals surface area contributed by atoms with Crippen LogP contribution in [0.25, 0.3) is 0 Å². The zero-order valence-electron chi connectivity index (χ0n) is 2.17. The standard InChI is InChI=1S/Mn.4N. The average Bonchev–Trinajstić information content (AvgIpc) is 0. The van der Waals surface area contributed by atoms with E-state index in [0.29, 0.717) is 0 Å². The maximum atomic E-state index is 0. The summed E-state index contributed by atoms with van der Waals surface area (Å²) in [5.74, 6) is 0. The van der Waals surface area contributed by atoms with Crippen LogP contribution in [0.15, 0.2) is 0 Å². The Kier molecular flexibility index (Phi) is 60000. The monoisotopic (exact) mass is 111 g/mol. The minimum absolute atomic E-state index is 0. The van der Waals surface area contributed by atoms with Crippen molar-refractivity contribution < 1.29 is 17.1 Å². The van der Waals surface area contributed by atoms with Crippen molar-refractivity contribution in [2.24, 2.45) is 0 Å². The Labute approximate surface area is 42.5 Å². The predicted octanol–water partition coefficient (Wildman–Crippen LogP) is -1.92. The van der Waals surface area contributed by atoms with Gasteiger partial charge in [0, 0.05) is 41.7 Å². The molecule has 0 amide bonds. The van der Waals surface area contributed by atoms with Gasteiger partial charge in [0.05, 0.1) is 0 Å². The first-order valence-corrected chi connectivity index (χ1v) is 0. The van der Waals surface area contributed by atoms with Gasteiger partial charge in [0.2, 0.25) is 0 Å². The molecule has 0 rings (SSSR count). The third-order valence-corrected chi connectivity index (χ3v) is 0. The van der Waals surface area contributed by atoms with E-state index in [0.717, 1.165) is 0 Å². The van der Waals surface area contributed by atoms with Crippen LogP contribution in [-0.4, -0.2) is 0 Å². The Morgan fingerprint density at radius 3 is 0.400 bits per heavy atom. The second kappa shape index (κ2) is 381. The molecule has 0 aliphatic carbocycles. The molecule has 4 nitrogen and oxygen atoms in total. The molecule has 13 radical (unpaired) electrons. The van der Waals surface area contributed by atoms with Gasteiger partial charge in [-0.3, -0.25) is 0 Å². The van der Waals surface area contributed by atoms with Crippen molar-refractivity contribution in [2.75, 3.05) is 0 Å². The van der Waals surface area contributed by atoms with E-state index in [9.17, 15) is 0 Å². The maximum Gasteiger partial charge on any atom is 0 e. The molecule has 0 saturated heterocycles. The van der Waals surface area contributed by atoms with Crippen molar-refractivity contribution in [1.29, 1.82) is 0 Å². The minimum Gasteiger partial charge on any atom is 0 e. The van der Waals surface area contributed by atoms with E-state index < -0.39 is 0 Å². The SMILES string of the molecule is [Mn].[N].[N].[N].[N]. The Morgan fingerprint density at radius 1 is 0.400 bits per heavy atom. The van der Waals surface area contributed by atoms with E-state index in [-0.39, 0.29) is 41.7 Å². The van der Waals surface area contributed by atoms with Crippen LogP contribution in [0.2, 0.25) is 0 Å². The van der Waals surface area contributed by atoms with Gasteiger partial charge in [-0.2, -0.15) is 0 Å². The number of rotatable bonds is 0. The van der Waals surface area contributed by atoms with Gasteiger partial charge in [-0.1, -0.05) is 0 Å². The molecule has 0 aromatic heterocycles. The molecular formula is MnN4. The van der Waals surface area contributed by atoms with Gasteiger partial charge in [0.25, 0.3) is 0 Å². The second-order valence-corrected chi connectivity index (χ2v) is 0. The Morgan fingerprint density at radius 2 is 0.400 bits per heavy atom. The molecule has 5 heteroatoms. The van der Waals surface area contributed by atoms with Crippen molar-refractivity contribution in [3.63, 3.8) is 0 Å². The van der Waals surface area contributed by atoms with Crippen molar-refractivity contribution in [1.82, 2.24) is 24.6 Å². The molecule has 0 aliphatic heterocycles. The maximum absolute atomic E-state index is 0. The molecular weight excluding hydrogens is 111 g/mol. The van der Waals surface area contributed by atoms with E-state index in [2.05, 4.69) is 0 Å². The molecule has 0 atom stereocenters. The van der Waals surface area contributed by atoms with Crippen LogP contribution in [0.4, 0.5) is 0 Å². The molecule has 0 saturated carbocycles. The smallest absolute Gasteiger partial charge is 0 e. The summed E-state index contributed by atoms with van der Waals surface area (Å²) in [6.07, 6.45) is 0. The van der Waals surface area contributed by atoms with E-state index in [1.54, 1.807) is 0 Å². The molecule has 0 bridgehead atoms. The summed E-state index contributed by atoms with van der Waals surface area (Å²) in [7, 11) is 0. The summed E-state index contributed by atoms with van der Waals surface area (Å²) < 4.78 is 0. The van der Waals surface area contributed by atoms with Gasteiger partial charge >= 0.3 is 0 Å². The molecule has 0 fully saturated rings. The number of hydrogen-bond donors (Lipinski definition) is 0. The summed E-state index contributed by atoms with van der Waals surface area (Å²) in [5.41, 5.74) is 0. The summed E-state index contributed by atoms with van der Waals surface area (Å²) in [6.45, 7) is 0. The minimum atomic E-state index is 0. The predicted molar refractivity (Wildman–Crippen MR) is 8.54 cm³/mol. The van der Waals surface area contributed by atoms with Gasteiger partial charge in [-0.25, -0.2) is 0 Å². The molecule has 0 aromatic rings. The van der Waals surface area contributed by atoms with Crippen molar-refractivity contribution in [2.45, 2.75) is 0 Å².